The number of rotatable bonds is 3. The van der Waals surface area contributed by atoms with Crippen molar-refractivity contribution < 1.29 is 8.78 Å². The van der Waals surface area contributed by atoms with Gasteiger partial charge in [0.2, 0.25) is 0 Å². The maximum atomic E-state index is 13.6. The summed E-state index contributed by atoms with van der Waals surface area (Å²) in [6, 6.07) is 2.72. The predicted octanol–water partition coefficient (Wildman–Crippen LogP) is 0.525. The third kappa shape index (κ3) is 2.53. The summed E-state index contributed by atoms with van der Waals surface area (Å²) >= 11 is 0. The second-order valence-corrected chi connectivity index (χ2v) is 4.42. The van der Waals surface area contributed by atoms with Crippen LogP contribution < -0.4 is 16.9 Å². The lowest BCUT2D eigenvalue weighted by Gasteiger charge is -2.15. The van der Waals surface area contributed by atoms with E-state index in [-0.39, 0.29) is 12.1 Å². The summed E-state index contributed by atoms with van der Waals surface area (Å²) in [4.78, 5) is 23.2. The molecular weight excluding hydrogens is 268 g/mol. The lowest BCUT2D eigenvalue weighted by atomic mass is 10.1. The molecule has 0 fully saturated rings. The molecule has 0 aliphatic rings. The van der Waals surface area contributed by atoms with Crippen LogP contribution in [0.25, 0.3) is 0 Å². The Labute approximate surface area is 112 Å². The SMILES string of the molecule is Cn1ccn(CC(N)c2cccc(F)c2F)c(=O)c1=O. The number of halogens is 2. The molecule has 0 amide bonds. The summed E-state index contributed by atoms with van der Waals surface area (Å²) in [6.45, 7) is -0.116. The van der Waals surface area contributed by atoms with Crippen molar-refractivity contribution in [1.29, 1.82) is 0 Å². The van der Waals surface area contributed by atoms with E-state index in [1.54, 1.807) is 0 Å². The Hall–Kier alpha value is -2.28. The van der Waals surface area contributed by atoms with Gasteiger partial charge in [-0.3, -0.25) is 9.59 Å². The van der Waals surface area contributed by atoms with Crippen LogP contribution >= 0.6 is 0 Å². The van der Waals surface area contributed by atoms with Gasteiger partial charge >= 0.3 is 11.1 Å². The van der Waals surface area contributed by atoms with Gasteiger partial charge in [0.15, 0.2) is 11.6 Å². The van der Waals surface area contributed by atoms with Crippen molar-refractivity contribution in [3.8, 4) is 0 Å². The third-order valence-electron chi connectivity index (χ3n) is 3.01. The molecule has 106 valence electrons. The van der Waals surface area contributed by atoms with Crippen LogP contribution in [0.15, 0.2) is 40.2 Å². The van der Waals surface area contributed by atoms with Crippen LogP contribution in [0.5, 0.6) is 0 Å². The van der Waals surface area contributed by atoms with E-state index in [0.29, 0.717) is 0 Å². The largest absolute Gasteiger partial charge is 0.322 e. The number of aromatic nitrogens is 2. The molecule has 0 aliphatic heterocycles. The van der Waals surface area contributed by atoms with Crippen molar-refractivity contribution in [2.75, 3.05) is 0 Å². The molecule has 0 saturated heterocycles. The van der Waals surface area contributed by atoms with Gasteiger partial charge in [-0.15, -0.1) is 0 Å². The third-order valence-corrected chi connectivity index (χ3v) is 3.01. The molecule has 0 saturated carbocycles. The molecule has 0 bridgehead atoms. The van der Waals surface area contributed by atoms with E-state index >= 15 is 0 Å². The first-order chi connectivity index (χ1) is 9.41. The zero-order valence-corrected chi connectivity index (χ0v) is 10.7. The molecule has 0 spiro atoms. The van der Waals surface area contributed by atoms with Crippen LogP contribution in [0, 0.1) is 11.6 Å². The fourth-order valence-electron chi connectivity index (χ4n) is 1.85. The van der Waals surface area contributed by atoms with E-state index in [0.717, 1.165) is 15.2 Å². The summed E-state index contributed by atoms with van der Waals surface area (Å²) in [6.07, 6.45) is 2.78. The second kappa shape index (κ2) is 5.38. The molecule has 0 radical (unpaired) electrons. The molecule has 7 heteroatoms. The number of benzene rings is 1. The van der Waals surface area contributed by atoms with Gasteiger partial charge in [0, 0.05) is 31.5 Å². The molecule has 2 N–H and O–H groups in total. The quantitative estimate of drug-likeness (QED) is 0.834. The Balaban J connectivity index is 2.35. The van der Waals surface area contributed by atoms with E-state index < -0.39 is 28.8 Å². The van der Waals surface area contributed by atoms with Gasteiger partial charge in [-0.25, -0.2) is 8.78 Å². The van der Waals surface area contributed by atoms with E-state index in [1.165, 1.54) is 31.6 Å². The Bertz CT molecular complexity index is 752. The Morgan fingerprint density at radius 3 is 2.60 bits per heavy atom. The predicted molar refractivity (Wildman–Crippen MR) is 69.2 cm³/mol. The minimum absolute atomic E-state index is 0.0439. The van der Waals surface area contributed by atoms with Crippen molar-refractivity contribution >= 4 is 0 Å². The van der Waals surface area contributed by atoms with E-state index in [2.05, 4.69) is 0 Å². The number of hydrogen-bond acceptors (Lipinski definition) is 3. The normalized spacial score (nSPS) is 12.4. The van der Waals surface area contributed by atoms with Crippen molar-refractivity contribution in [1.82, 2.24) is 9.13 Å². The van der Waals surface area contributed by atoms with Crippen LogP contribution in [-0.2, 0) is 13.6 Å². The molecule has 0 aliphatic carbocycles. The first kappa shape index (κ1) is 14.1. The maximum absolute atomic E-state index is 13.6. The van der Waals surface area contributed by atoms with E-state index in [4.69, 9.17) is 5.73 Å². The van der Waals surface area contributed by atoms with E-state index in [1.807, 2.05) is 0 Å². The molecule has 5 nitrogen and oxygen atoms in total. The highest BCUT2D eigenvalue weighted by Gasteiger charge is 2.16. The minimum atomic E-state index is -1.04. The molecule has 1 aromatic carbocycles. The number of nitrogens with zero attached hydrogens (tertiary/aromatic N) is 2. The van der Waals surface area contributed by atoms with Crippen LogP contribution in [-0.4, -0.2) is 9.13 Å². The molecular formula is C13H13F2N3O2. The Kier molecular flexibility index (Phi) is 3.80. The Morgan fingerprint density at radius 2 is 1.90 bits per heavy atom. The van der Waals surface area contributed by atoms with Crippen molar-refractivity contribution in [2.45, 2.75) is 12.6 Å². The summed E-state index contributed by atoms with van der Waals surface area (Å²) in [7, 11) is 1.44. The van der Waals surface area contributed by atoms with Crippen LogP contribution in [0.1, 0.15) is 11.6 Å². The molecule has 1 atom stereocenters. The monoisotopic (exact) mass is 281 g/mol. The lowest BCUT2D eigenvalue weighted by molar-refractivity contribution is 0.470. The van der Waals surface area contributed by atoms with Crippen LogP contribution in [0.3, 0.4) is 0 Å². The standard InChI is InChI=1S/C13H13F2N3O2/c1-17-5-6-18(13(20)12(17)19)7-10(16)8-3-2-4-9(14)11(8)15/h2-6,10H,7,16H2,1H3. The van der Waals surface area contributed by atoms with Crippen molar-refractivity contribution in [3.63, 3.8) is 0 Å². The topological polar surface area (TPSA) is 70.0 Å². The molecule has 2 rings (SSSR count). The molecule has 1 aromatic heterocycles. The number of hydrogen-bond donors (Lipinski definition) is 1. The van der Waals surface area contributed by atoms with Crippen LogP contribution in [0.4, 0.5) is 8.78 Å². The fraction of sp³-hybridized carbons (Fsp3) is 0.231. The van der Waals surface area contributed by atoms with Gasteiger partial charge < -0.3 is 14.9 Å². The molecule has 1 heterocycles. The summed E-state index contributed by atoms with van der Waals surface area (Å²) in [5.74, 6) is -2.05. The summed E-state index contributed by atoms with van der Waals surface area (Å²) in [5.41, 5.74) is 4.26. The average molecular weight is 281 g/mol. The van der Waals surface area contributed by atoms with Crippen LogP contribution in [0.2, 0.25) is 0 Å². The first-order valence-electron chi connectivity index (χ1n) is 5.87. The second-order valence-electron chi connectivity index (χ2n) is 4.42. The van der Waals surface area contributed by atoms with E-state index in [9.17, 15) is 18.4 Å². The van der Waals surface area contributed by atoms with Gasteiger partial charge in [-0.2, -0.15) is 0 Å². The zero-order valence-electron chi connectivity index (χ0n) is 10.7. The highest BCUT2D eigenvalue weighted by atomic mass is 19.2. The van der Waals surface area contributed by atoms with Gasteiger partial charge in [0.05, 0.1) is 6.04 Å². The minimum Gasteiger partial charge on any atom is -0.322 e. The lowest BCUT2D eigenvalue weighted by Crippen LogP contribution is -2.41. The number of aryl methyl sites for hydroxylation is 1. The highest BCUT2D eigenvalue weighted by molar-refractivity contribution is 5.22. The fourth-order valence-corrected chi connectivity index (χ4v) is 1.85. The zero-order chi connectivity index (χ0) is 14.9. The maximum Gasteiger partial charge on any atom is 0.316 e. The molecule has 20 heavy (non-hydrogen) atoms. The van der Waals surface area contributed by atoms with Crippen molar-refractivity contribution in [2.24, 2.45) is 12.8 Å². The van der Waals surface area contributed by atoms with Gasteiger partial charge in [-0.1, -0.05) is 12.1 Å². The number of nitrogens with two attached hydrogens (primary N) is 1. The average Bonchev–Trinajstić information content (AvgIpc) is 2.42. The summed E-state index contributed by atoms with van der Waals surface area (Å²) < 4.78 is 28.9. The van der Waals surface area contributed by atoms with Gasteiger partial charge in [0.1, 0.15) is 0 Å². The first-order valence-corrected chi connectivity index (χ1v) is 5.87. The highest BCUT2D eigenvalue weighted by Crippen LogP contribution is 2.18. The van der Waals surface area contributed by atoms with Gasteiger partial charge in [-0.05, 0) is 6.07 Å². The molecule has 1 unspecified atom stereocenters. The Morgan fingerprint density at radius 1 is 1.20 bits per heavy atom. The molecule has 2 aromatic rings. The van der Waals surface area contributed by atoms with Crippen molar-refractivity contribution in [3.05, 3.63) is 68.5 Å². The summed E-state index contributed by atoms with van der Waals surface area (Å²) in [5, 5.41) is 0. The van der Waals surface area contributed by atoms with Gasteiger partial charge in [0.25, 0.3) is 0 Å². The smallest absolute Gasteiger partial charge is 0.316 e.